The van der Waals surface area contributed by atoms with E-state index in [4.69, 9.17) is 0 Å². The third-order valence-corrected chi connectivity index (χ3v) is 7.18. The van der Waals surface area contributed by atoms with E-state index in [2.05, 4.69) is 10.3 Å². The molecule has 28 heavy (non-hydrogen) atoms. The number of hydrogen-bond donors (Lipinski definition) is 1. The molecular weight excluding hydrogens is 390 g/mol. The summed E-state index contributed by atoms with van der Waals surface area (Å²) in [6.07, 6.45) is 2.23. The first kappa shape index (κ1) is 19.0. The lowest BCUT2D eigenvalue weighted by Crippen LogP contribution is -2.28. The molecule has 5 nitrogen and oxygen atoms in total. The first-order valence-corrected chi connectivity index (χ1v) is 11.1. The van der Waals surface area contributed by atoms with Gasteiger partial charge in [0.15, 0.2) is 4.34 Å². The molecule has 1 atom stereocenters. The summed E-state index contributed by atoms with van der Waals surface area (Å²) in [5.41, 5.74) is 4.80. The summed E-state index contributed by atoms with van der Waals surface area (Å²) in [6.45, 7) is 4.45. The normalized spacial score (nSPS) is 16.8. The molecule has 3 aromatic rings. The Morgan fingerprint density at radius 3 is 2.89 bits per heavy atom. The van der Waals surface area contributed by atoms with E-state index in [0.29, 0.717) is 6.54 Å². The van der Waals surface area contributed by atoms with Gasteiger partial charge in [0.2, 0.25) is 11.8 Å². The van der Waals surface area contributed by atoms with Gasteiger partial charge >= 0.3 is 0 Å². The zero-order valence-electron chi connectivity index (χ0n) is 16.0. The van der Waals surface area contributed by atoms with Crippen LogP contribution in [0.25, 0.3) is 10.2 Å². The van der Waals surface area contributed by atoms with Crippen LogP contribution in [-0.2, 0) is 9.59 Å². The molecule has 144 valence electrons. The van der Waals surface area contributed by atoms with Gasteiger partial charge < -0.3 is 10.2 Å². The second kappa shape index (κ2) is 7.56. The standard InChI is InChI=1S/C21H21N3O2S2/c1-12-5-4-6-17(13(12)2)24-11-14(9-19(24)25)20(26)22-15-7-8-16-18(10-15)28-21(23-16)27-3/h4-8,10,14H,9,11H2,1-3H3,(H,22,26)/t14-/m0/s1. The highest BCUT2D eigenvalue weighted by molar-refractivity contribution is 8.00. The molecule has 0 aliphatic carbocycles. The van der Waals surface area contributed by atoms with Crippen molar-refractivity contribution in [2.24, 2.45) is 5.92 Å². The van der Waals surface area contributed by atoms with Crippen molar-refractivity contribution in [2.75, 3.05) is 23.0 Å². The van der Waals surface area contributed by atoms with Crippen LogP contribution in [0.1, 0.15) is 17.5 Å². The molecule has 0 radical (unpaired) electrons. The van der Waals surface area contributed by atoms with Gasteiger partial charge in [-0.2, -0.15) is 0 Å². The van der Waals surface area contributed by atoms with Crippen molar-refractivity contribution in [2.45, 2.75) is 24.6 Å². The van der Waals surface area contributed by atoms with Gasteiger partial charge in [-0.05, 0) is 55.5 Å². The van der Waals surface area contributed by atoms with Crippen LogP contribution in [0.4, 0.5) is 11.4 Å². The quantitative estimate of drug-likeness (QED) is 0.636. The molecule has 1 aliphatic heterocycles. The average molecular weight is 412 g/mol. The minimum atomic E-state index is -0.355. The van der Waals surface area contributed by atoms with E-state index >= 15 is 0 Å². The van der Waals surface area contributed by atoms with Crippen molar-refractivity contribution in [3.8, 4) is 0 Å². The van der Waals surface area contributed by atoms with Crippen LogP contribution in [0.2, 0.25) is 0 Å². The molecule has 2 amide bonds. The molecule has 2 heterocycles. The number of nitrogens with one attached hydrogen (secondary N) is 1. The topological polar surface area (TPSA) is 62.3 Å². The molecule has 2 aromatic carbocycles. The molecule has 4 rings (SSSR count). The second-order valence-corrected chi connectivity index (χ2v) is 9.06. The van der Waals surface area contributed by atoms with Crippen LogP contribution in [-0.4, -0.2) is 29.6 Å². The predicted molar refractivity (Wildman–Crippen MR) is 116 cm³/mol. The van der Waals surface area contributed by atoms with Gasteiger partial charge in [-0.15, -0.1) is 11.3 Å². The Bertz CT molecular complexity index is 1080. The minimum Gasteiger partial charge on any atom is -0.326 e. The van der Waals surface area contributed by atoms with E-state index in [0.717, 1.165) is 37.1 Å². The third kappa shape index (κ3) is 3.52. The van der Waals surface area contributed by atoms with Gasteiger partial charge in [-0.1, -0.05) is 23.9 Å². The lowest BCUT2D eigenvalue weighted by Gasteiger charge is -2.20. The smallest absolute Gasteiger partial charge is 0.229 e. The summed E-state index contributed by atoms with van der Waals surface area (Å²) in [4.78, 5) is 31.6. The number of benzene rings is 2. The van der Waals surface area contributed by atoms with E-state index in [-0.39, 0.29) is 24.2 Å². The van der Waals surface area contributed by atoms with Crippen molar-refractivity contribution < 1.29 is 9.59 Å². The number of hydrogen-bond acceptors (Lipinski definition) is 5. The first-order valence-electron chi connectivity index (χ1n) is 9.08. The number of aryl methyl sites for hydroxylation is 1. The van der Waals surface area contributed by atoms with Crippen molar-refractivity contribution >= 4 is 56.5 Å². The molecule has 0 unspecified atom stereocenters. The summed E-state index contributed by atoms with van der Waals surface area (Å²) in [6, 6.07) is 11.7. The van der Waals surface area contributed by atoms with Crippen molar-refractivity contribution in [1.29, 1.82) is 0 Å². The molecule has 1 fully saturated rings. The van der Waals surface area contributed by atoms with Crippen molar-refractivity contribution in [1.82, 2.24) is 4.98 Å². The third-order valence-electron chi connectivity index (χ3n) is 5.17. The number of thioether (sulfide) groups is 1. The fourth-order valence-corrected chi connectivity index (χ4v) is 4.99. The Balaban J connectivity index is 1.50. The van der Waals surface area contributed by atoms with E-state index in [1.165, 1.54) is 0 Å². The van der Waals surface area contributed by atoms with Gasteiger partial charge in [0, 0.05) is 24.3 Å². The Labute approximate surface area is 172 Å². The number of fused-ring (bicyclic) bond motifs is 1. The Kier molecular flexibility index (Phi) is 5.12. The zero-order valence-corrected chi connectivity index (χ0v) is 17.6. The van der Waals surface area contributed by atoms with E-state index < -0.39 is 0 Å². The highest BCUT2D eigenvalue weighted by Gasteiger charge is 2.35. The summed E-state index contributed by atoms with van der Waals surface area (Å²) in [7, 11) is 0. The average Bonchev–Trinajstić information content (AvgIpc) is 3.27. The molecule has 0 bridgehead atoms. The second-order valence-electron chi connectivity index (χ2n) is 6.98. The summed E-state index contributed by atoms with van der Waals surface area (Å²) in [5.74, 6) is -0.474. The molecular formula is C21H21N3O2S2. The van der Waals surface area contributed by atoms with Gasteiger partial charge in [0.25, 0.3) is 0 Å². The highest BCUT2D eigenvalue weighted by Crippen LogP contribution is 2.32. The Morgan fingerprint density at radius 1 is 1.29 bits per heavy atom. The number of aromatic nitrogens is 1. The van der Waals surface area contributed by atoms with Crippen LogP contribution >= 0.6 is 23.1 Å². The molecule has 1 aromatic heterocycles. The predicted octanol–water partition coefficient (Wildman–Crippen LogP) is 4.63. The maximum atomic E-state index is 12.8. The van der Waals surface area contributed by atoms with Crippen LogP contribution < -0.4 is 10.2 Å². The van der Waals surface area contributed by atoms with Crippen molar-refractivity contribution in [3.05, 3.63) is 47.5 Å². The SMILES string of the molecule is CSc1nc2ccc(NC(=O)[C@H]3CC(=O)N(c4cccc(C)c4C)C3)cc2s1. The molecule has 1 saturated heterocycles. The number of carbonyl (C=O) groups excluding carboxylic acids is 2. The summed E-state index contributed by atoms with van der Waals surface area (Å²) >= 11 is 3.22. The lowest BCUT2D eigenvalue weighted by molar-refractivity contribution is -0.122. The monoisotopic (exact) mass is 411 g/mol. The van der Waals surface area contributed by atoms with Gasteiger partial charge in [0.05, 0.1) is 16.1 Å². The van der Waals surface area contributed by atoms with Gasteiger partial charge in [-0.3, -0.25) is 9.59 Å². The fourth-order valence-electron chi connectivity index (χ4n) is 3.46. The largest absolute Gasteiger partial charge is 0.326 e. The summed E-state index contributed by atoms with van der Waals surface area (Å²) in [5, 5.41) is 2.98. The number of nitrogens with zero attached hydrogens (tertiary/aromatic N) is 2. The van der Waals surface area contributed by atoms with Crippen LogP contribution in [0, 0.1) is 19.8 Å². The molecule has 1 N–H and O–H groups in total. The van der Waals surface area contributed by atoms with Crippen LogP contribution in [0.5, 0.6) is 0 Å². The number of thiazole rings is 1. The molecule has 0 spiro atoms. The van der Waals surface area contributed by atoms with E-state index in [1.54, 1.807) is 28.0 Å². The highest BCUT2D eigenvalue weighted by atomic mass is 32.2. The molecule has 0 saturated carbocycles. The van der Waals surface area contributed by atoms with Crippen molar-refractivity contribution in [3.63, 3.8) is 0 Å². The maximum Gasteiger partial charge on any atom is 0.229 e. The number of amides is 2. The Morgan fingerprint density at radius 2 is 2.11 bits per heavy atom. The summed E-state index contributed by atoms with van der Waals surface area (Å²) < 4.78 is 2.05. The number of carbonyl (C=O) groups is 2. The molecule has 7 heteroatoms. The Hall–Kier alpha value is -2.38. The van der Waals surface area contributed by atoms with Crippen LogP contribution in [0.15, 0.2) is 40.7 Å². The minimum absolute atomic E-state index is 0.00336. The first-order chi connectivity index (χ1) is 13.5. The van der Waals surface area contributed by atoms with E-state index in [9.17, 15) is 9.59 Å². The van der Waals surface area contributed by atoms with Crippen LogP contribution in [0.3, 0.4) is 0 Å². The number of anilines is 2. The maximum absolute atomic E-state index is 12.8. The zero-order chi connectivity index (χ0) is 19.8. The fraction of sp³-hybridized carbons (Fsp3) is 0.286. The molecule has 1 aliphatic rings. The van der Waals surface area contributed by atoms with Gasteiger partial charge in [0.1, 0.15) is 0 Å². The number of rotatable bonds is 4. The van der Waals surface area contributed by atoms with Gasteiger partial charge in [-0.25, -0.2) is 4.98 Å². The lowest BCUT2D eigenvalue weighted by atomic mass is 10.1. The van der Waals surface area contributed by atoms with E-state index in [1.807, 2.05) is 56.5 Å².